The number of rotatable bonds is 4. The molecule has 16 heavy (non-hydrogen) atoms. The minimum absolute atomic E-state index is 0.444. The smallest absolute Gasteiger partial charge is 0.177 e. The Morgan fingerprint density at radius 2 is 2.44 bits per heavy atom. The number of hydrogen-bond donors (Lipinski definition) is 0. The van der Waals surface area contributed by atoms with Gasteiger partial charge in [-0.25, -0.2) is 0 Å². The molecule has 2 atom stereocenters. The molecule has 0 aromatic rings. The molecule has 0 saturated carbocycles. The minimum Gasteiger partial charge on any atom is -0.383 e. The van der Waals surface area contributed by atoms with Crippen molar-refractivity contribution in [2.75, 3.05) is 26.2 Å². The molecular formula is C13H20N2O. The van der Waals surface area contributed by atoms with E-state index >= 15 is 0 Å². The molecule has 3 heteroatoms. The highest BCUT2D eigenvalue weighted by Gasteiger charge is 2.35. The number of nitrogens with zero attached hydrogens (tertiary/aromatic N) is 2. The molecule has 2 heterocycles. The summed E-state index contributed by atoms with van der Waals surface area (Å²) in [6.45, 7) is 6.05. The highest BCUT2D eigenvalue weighted by Crippen LogP contribution is 2.25. The lowest BCUT2D eigenvalue weighted by Crippen LogP contribution is -2.23. The standard InChI is InChI=1S/C13H20N2O/c1-2-3-4-5-6-9-16-14-13-11-15-8-7-12(13)10-15/h12H,2-4,7-11H2,1H3/b14-13+. The Morgan fingerprint density at radius 1 is 1.50 bits per heavy atom. The molecule has 0 aromatic carbocycles. The third-order valence-electron chi connectivity index (χ3n) is 3.23. The Balaban J connectivity index is 1.63. The van der Waals surface area contributed by atoms with Gasteiger partial charge in [-0.15, -0.1) is 0 Å². The molecule has 0 spiro atoms. The van der Waals surface area contributed by atoms with Gasteiger partial charge in [0.1, 0.15) is 0 Å². The summed E-state index contributed by atoms with van der Waals surface area (Å²) in [7, 11) is 0. The van der Waals surface area contributed by atoms with E-state index in [0.717, 1.165) is 13.0 Å². The Bertz CT molecular complexity index is 314. The average Bonchev–Trinajstić information content (AvgIpc) is 2.90. The second-order valence-electron chi connectivity index (χ2n) is 4.53. The summed E-state index contributed by atoms with van der Waals surface area (Å²) >= 11 is 0. The first-order chi connectivity index (χ1) is 7.90. The molecule has 2 aliphatic heterocycles. The van der Waals surface area contributed by atoms with E-state index in [1.165, 1.54) is 38.1 Å². The van der Waals surface area contributed by atoms with E-state index < -0.39 is 0 Å². The maximum atomic E-state index is 5.24. The Labute approximate surface area is 97.8 Å². The van der Waals surface area contributed by atoms with E-state index in [0.29, 0.717) is 12.5 Å². The Kier molecular flexibility index (Phi) is 4.24. The van der Waals surface area contributed by atoms with E-state index in [2.05, 4.69) is 28.8 Å². The Morgan fingerprint density at radius 3 is 3.12 bits per heavy atom. The van der Waals surface area contributed by atoms with Crippen LogP contribution in [0.2, 0.25) is 0 Å². The zero-order chi connectivity index (χ0) is 11.2. The summed E-state index contributed by atoms with van der Waals surface area (Å²) < 4.78 is 0. The van der Waals surface area contributed by atoms with Crippen LogP contribution in [-0.2, 0) is 4.84 Å². The summed E-state index contributed by atoms with van der Waals surface area (Å²) in [5.74, 6) is 6.75. The molecule has 2 unspecified atom stereocenters. The maximum absolute atomic E-state index is 5.24. The van der Waals surface area contributed by atoms with Crippen LogP contribution in [0, 0.1) is 17.8 Å². The van der Waals surface area contributed by atoms with E-state index in [1.54, 1.807) is 0 Å². The highest BCUT2D eigenvalue weighted by molar-refractivity contribution is 5.91. The van der Waals surface area contributed by atoms with E-state index in [-0.39, 0.29) is 0 Å². The molecule has 0 aliphatic carbocycles. The topological polar surface area (TPSA) is 24.8 Å². The van der Waals surface area contributed by atoms with Crippen molar-refractivity contribution in [1.29, 1.82) is 0 Å². The minimum atomic E-state index is 0.444. The largest absolute Gasteiger partial charge is 0.383 e. The molecule has 0 aromatic heterocycles. The van der Waals surface area contributed by atoms with Gasteiger partial charge in [-0.2, -0.15) is 0 Å². The normalized spacial score (nSPS) is 29.2. The van der Waals surface area contributed by atoms with Crippen molar-refractivity contribution >= 4 is 5.71 Å². The van der Waals surface area contributed by atoms with Gasteiger partial charge in [0.2, 0.25) is 0 Å². The van der Waals surface area contributed by atoms with Crippen molar-refractivity contribution in [2.45, 2.75) is 32.6 Å². The molecule has 2 aliphatic rings. The quantitative estimate of drug-likeness (QED) is 0.410. The Hall–Kier alpha value is -1.01. The predicted octanol–water partition coefficient (Wildman–Crippen LogP) is 1.89. The van der Waals surface area contributed by atoms with Crippen LogP contribution in [0.15, 0.2) is 5.16 Å². The van der Waals surface area contributed by atoms with Gasteiger partial charge in [-0.05, 0) is 19.4 Å². The lowest BCUT2D eigenvalue weighted by Gasteiger charge is -2.12. The van der Waals surface area contributed by atoms with Crippen LogP contribution in [0.1, 0.15) is 32.6 Å². The van der Waals surface area contributed by atoms with E-state index in [9.17, 15) is 0 Å². The zero-order valence-corrected chi connectivity index (χ0v) is 10.0. The van der Waals surface area contributed by atoms with Crippen LogP contribution in [0.4, 0.5) is 0 Å². The number of oxime groups is 1. The molecule has 2 bridgehead atoms. The number of fused-ring (bicyclic) bond motifs is 2. The second kappa shape index (κ2) is 5.91. The summed E-state index contributed by atoms with van der Waals surface area (Å²) in [4.78, 5) is 7.67. The van der Waals surface area contributed by atoms with Crippen molar-refractivity contribution in [3.05, 3.63) is 0 Å². The lowest BCUT2D eigenvalue weighted by atomic mass is 10.0. The van der Waals surface area contributed by atoms with Crippen molar-refractivity contribution in [1.82, 2.24) is 4.90 Å². The zero-order valence-electron chi connectivity index (χ0n) is 10.0. The fourth-order valence-electron chi connectivity index (χ4n) is 2.26. The van der Waals surface area contributed by atoms with Gasteiger partial charge in [0.05, 0.1) is 5.71 Å². The molecule has 0 radical (unpaired) electrons. The second-order valence-corrected chi connectivity index (χ2v) is 4.53. The van der Waals surface area contributed by atoms with Crippen LogP contribution < -0.4 is 0 Å². The van der Waals surface area contributed by atoms with Crippen molar-refractivity contribution in [2.24, 2.45) is 11.1 Å². The van der Waals surface area contributed by atoms with Crippen LogP contribution in [0.3, 0.4) is 0 Å². The van der Waals surface area contributed by atoms with Gasteiger partial charge in [0.25, 0.3) is 0 Å². The summed E-state index contributed by atoms with van der Waals surface area (Å²) in [5, 5.41) is 4.20. The first kappa shape index (κ1) is 11.5. The fourth-order valence-corrected chi connectivity index (χ4v) is 2.26. The van der Waals surface area contributed by atoms with Crippen LogP contribution in [-0.4, -0.2) is 36.9 Å². The van der Waals surface area contributed by atoms with Gasteiger partial charge in [0, 0.05) is 25.4 Å². The van der Waals surface area contributed by atoms with Gasteiger partial charge in [0.15, 0.2) is 6.61 Å². The molecule has 3 nitrogen and oxygen atoms in total. The third-order valence-corrected chi connectivity index (χ3v) is 3.23. The molecular weight excluding hydrogens is 200 g/mol. The average molecular weight is 220 g/mol. The van der Waals surface area contributed by atoms with E-state index in [4.69, 9.17) is 4.84 Å². The first-order valence-corrected chi connectivity index (χ1v) is 6.27. The van der Waals surface area contributed by atoms with E-state index in [1.807, 2.05) is 0 Å². The monoisotopic (exact) mass is 220 g/mol. The van der Waals surface area contributed by atoms with Gasteiger partial charge in [-0.3, -0.25) is 4.90 Å². The summed E-state index contributed by atoms with van der Waals surface area (Å²) in [5.41, 5.74) is 1.22. The molecule has 2 fully saturated rings. The molecule has 2 saturated heterocycles. The fraction of sp³-hybridized carbons (Fsp3) is 0.769. The molecule has 0 N–H and O–H groups in total. The van der Waals surface area contributed by atoms with Crippen LogP contribution in [0.5, 0.6) is 0 Å². The first-order valence-electron chi connectivity index (χ1n) is 6.27. The third kappa shape index (κ3) is 2.99. The van der Waals surface area contributed by atoms with Crippen LogP contribution >= 0.6 is 0 Å². The number of hydrogen-bond acceptors (Lipinski definition) is 3. The van der Waals surface area contributed by atoms with Gasteiger partial charge >= 0.3 is 0 Å². The highest BCUT2D eigenvalue weighted by atomic mass is 16.6. The van der Waals surface area contributed by atoms with Gasteiger partial charge < -0.3 is 4.84 Å². The summed E-state index contributed by atoms with van der Waals surface area (Å²) in [6.07, 6.45) is 4.62. The van der Waals surface area contributed by atoms with Gasteiger partial charge in [-0.1, -0.05) is 30.3 Å². The SMILES string of the molecule is CCCCC#CCO/N=C1\CN2CCC1C2. The summed E-state index contributed by atoms with van der Waals surface area (Å²) in [6, 6.07) is 0. The molecule has 2 rings (SSSR count). The van der Waals surface area contributed by atoms with Crippen molar-refractivity contribution in [3.63, 3.8) is 0 Å². The van der Waals surface area contributed by atoms with Crippen molar-refractivity contribution in [3.8, 4) is 11.8 Å². The van der Waals surface area contributed by atoms with Crippen LogP contribution in [0.25, 0.3) is 0 Å². The predicted molar refractivity (Wildman–Crippen MR) is 65.2 cm³/mol. The number of piperidine rings is 1. The number of unbranched alkanes of at least 4 members (excludes halogenated alkanes) is 2. The molecule has 0 amide bonds. The maximum Gasteiger partial charge on any atom is 0.177 e. The molecule has 88 valence electrons. The lowest BCUT2D eigenvalue weighted by molar-refractivity contribution is 0.177. The van der Waals surface area contributed by atoms with Crippen molar-refractivity contribution < 1.29 is 4.84 Å².